The summed E-state index contributed by atoms with van der Waals surface area (Å²) in [5, 5.41) is 8.94. The van der Waals surface area contributed by atoms with Crippen LogP contribution in [-0.2, 0) is 0 Å². The summed E-state index contributed by atoms with van der Waals surface area (Å²) in [5.41, 5.74) is 4.55. The average Bonchev–Trinajstić information content (AvgIpc) is 2.62. The molecule has 102 valence electrons. The van der Waals surface area contributed by atoms with Gasteiger partial charge in [0.1, 0.15) is 0 Å². The van der Waals surface area contributed by atoms with E-state index in [0.29, 0.717) is 11.3 Å². The first-order chi connectivity index (χ1) is 10.8. The van der Waals surface area contributed by atoms with Crippen LogP contribution < -0.4 is 0 Å². The van der Waals surface area contributed by atoms with Gasteiger partial charge in [-0.05, 0) is 35.4 Å². The first kappa shape index (κ1) is 13.5. The monoisotopic (exact) mass is 281 g/mol. The molecule has 0 aliphatic carbocycles. The Bertz CT molecular complexity index is 900. The molecule has 0 bridgehead atoms. The number of pyridine rings is 1. The molecule has 0 unspecified atom stereocenters. The molecule has 0 spiro atoms. The lowest BCUT2D eigenvalue weighted by molar-refractivity contribution is 1.33. The van der Waals surface area contributed by atoms with Gasteiger partial charge in [0, 0.05) is 17.3 Å². The van der Waals surface area contributed by atoms with Gasteiger partial charge in [-0.2, -0.15) is 5.26 Å². The smallest absolute Gasteiger partial charge is 0.197 e. The Morgan fingerprint density at radius 3 is 2.50 bits per heavy atom. The summed E-state index contributed by atoms with van der Waals surface area (Å²) in [6.07, 6.45) is 1.74. The molecule has 22 heavy (non-hydrogen) atoms. The fraction of sp³-hybridized carbons (Fsp3) is 0. The van der Waals surface area contributed by atoms with Gasteiger partial charge in [0.25, 0.3) is 0 Å². The molecule has 0 aliphatic heterocycles. The van der Waals surface area contributed by atoms with Crippen LogP contribution in [-0.4, -0.2) is 4.98 Å². The Morgan fingerprint density at radius 1 is 0.955 bits per heavy atom. The second-order valence-corrected chi connectivity index (χ2v) is 4.75. The molecule has 0 fully saturated rings. The van der Waals surface area contributed by atoms with E-state index in [1.54, 1.807) is 24.4 Å². The Kier molecular flexibility index (Phi) is 3.64. The number of hydrogen-bond donors (Lipinski definition) is 0. The first-order valence-electron chi connectivity index (χ1n) is 6.75. The third-order valence-electron chi connectivity index (χ3n) is 3.39. The van der Waals surface area contributed by atoms with E-state index in [2.05, 4.69) is 15.9 Å². The van der Waals surface area contributed by atoms with Crippen molar-refractivity contribution >= 4 is 5.69 Å². The summed E-state index contributed by atoms with van der Waals surface area (Å²) >= 11 is 0. The van der Waals surface area contributed by atoms with Gasteiger partial charge in [-0.15, -0.1) is 0 Å². The number of rotatable bonds is 2. The number of nitrogens with zero attached hydrogens (tertiary/aromatic N) is 3. The second kappa shape index (κ2) is 5.91. The maximum atomic E-state index is 8.94. The van der Waals surface area contributed by atoms with E-state index in [-0.39, 0.29) is 0 Å². The van der Waals surface area contributed by atoms with Crippen LogP contribution >= 0.6 is 0 Å². The zero-order chi connectivity index (χ0) is 15.4. The molecule has 1 aromatic heterocycles. The lowest BCUT2D eigenvalue weighted by Crippen LogP contribution is -1.86. The van der Waals surface area contributed by atoms with E-state index in [1.165, 1.54) is 0 Å². The molecule has 0 atom stereocenters. The van der Waals surface area contributed by atoms with Crippen molar-refractivity contribution in [2.45, 2.75) is 0 Å². The molecule has 0 amide bonds. The summed E-state index contributed by atoms with van der Waals surface area (Å²) in [6.45, 7) is 7.31. The molecule has 3 nitrogen and oxygen atoms in total. The van der Waals surface area contributed by atoms with Crippen molar-refractivity contribution in [2.75, 3.05) is 0 Å². The van der Waals surface area contributed by atoms with Crippen LogP contribution in [0.25, 0.3) is 27.2 Å². The zero-order valence-electron chi connectivity index (χ0n) is 11.7. The van der Waals surface area contributed by atoms with Crippen LogP contribution in [0.5, 0.6) is 0 Å². The van der Waals surface area contributed by atoms with E-state index in [9.17, 15) is 0 Å². The van der Waals surface area contributed by atoms with Crippen LogP contribution in [0.2, 0.25) is 0 Å². The van der Waals surface area contributed by atoms with Gasteiger partial charge in [-0.3, -0.25) is 4.98 Å². The number of hydrogen-bond acceptors (Lipinski definition) is 2. The molecule has 3 rings (SSSR count). The number of nitriles is 1. The fourth-order valence-electron chi connectivity index (χ4n) is 2.30. The van der Waals surface area contributed by atoms with Crippen molar-refractivity contribution in [1.82, 2.24) is 4.98 Å². The topological polar surface area (TPSA) is 41.0 Å². The van der Waals surface area contributed by atoms with Gasteiger partial charge < -0.3 is 0 Å². The van der Waals surface area contributed by atoms with Crippen LogP contribution in [0.3, 0.4) is 0 Å². The minimum absolute atomic E-state index is 0.441. The van der Waals surface area contributed by atoms with Gasteiger partial charge in [-0.25, -0.2) is 4.85 Å². The summed E-state index contributed by atoms with van der Waals surface area (Å²) in [6, 6.07) is 21.1. The summed E-state index contributed by atoms with van der Waals surface area (Å²) in [7, 11) is 0. The lowest BCUT2D eigenvalue weighted by atomic mass is 10.0. The summed E-state index contributed by atoms with van der Waals surface area (Å²) in [4.78, 5) is 7.89. The van der Waals surface area contributed by atoms with Crippen LogP contribution in [0, 0.1) is 17.9 Å². The molecule has 0 saturated heterocycles. The van der Waals surface area contributed by atoms with Crippen LogP contribution in [0.1, 0.15) is 5.56 Å². The van der Waals surface area contributed by atoms with Crippen molar-refractivity contribution in [3.8, 4) is 28.5 Å². The van der Waals surface area contributed by atoms with E-state index < -0.39 is 0 Å². The molecule has 2 aromatic carbocycles. The highest BCUT2D eigenvalue weighted by atomic mass is 14.7. The number of aromatic nitrogens is 1. The molecule has 0 radical (unpaired) electrons. The Balaban J connectivity index is 2.11. The fourth-order valence-corrected chi connectivity index (χ4v) is 2.30. The summed E-state index contributed by atoms with van der Waals surface area (Å²) < 4.78 is 0. The molecule has 0 saturated carbocycles. The van der Waals surface area contributed by atoms with Crippen molar-refractivity contribution in [1.29, 1.82) is 5.26 Å². The predicted octanol–water partition coefficient (Wildman–Crippen LogP) is 4.84. The third-order valence-corrected chi connectivity index (χ3v) is 3.39. The average molecular weight is 281 g/mol. The van der Waals surface area contributed by atoms with Gasteiger partial charge in [-0.1, -0.05) is 36.4 Å². The summed E-state index contributed by atoms with van der Waals surface area (Å²) in [5.74, 6) is 0. The van der Waals surface area contributed by atoms with Crippen molar-refractivity contribution in [3.63, 3.8) is 0 Å². The highest BCUT2D eigenvalue weighted by Crippen LogP contribution is 2.32. The van der Waals surface area contributed by atoms with E-state index in [0.717, 1.165) is 22.4 Å². The molecule has 3 aromatic rings. The van der Waals surface area contributed by atoms with Crippen molar-refractivity contribution < 1.29 is 0 Å². The highest BCUT2D eigenvalue weighted by Gasteiger charge is 2.09. The van der Waals surface area contributed by atoms with Crippen LogP contribution in [0.15, 0.2) is 66.9 Å². The SMILES string of the molecule is [C-]#[N+]c1cc(C#N)ccc1-c1cc(-c2ccccc2)ccn1. The molecular formula is C19H11N3. The quantitative estimate of drug-likeness (QED) is 0.631. The van der Waals surface area contributed by atoms with Crippen LogP contribution in [0.4, 0.5) is 5.69 Å². The highest BCUT2D eigenvalue weighted by molar-refractivity contribution is 5.80. The van der Waals surface area contributed by atoms with Gasteiger partial charge in [0.2, 0.25) is 0 Å². The Morgan fingerprint density at radius 2 is 1.77 bits per heavy atom. The molecule has 0 N–H and O–H groups in total. The molecule has 0 aliphatic rings. The number of benzene rings is 2. The second-order valence-electron chi connectivity index (χ2n) is 4.75. The largest absolute Gasteiger partial charge is 0.258 e. The maximum Gasteiger partial charge on any atom is 0.197 e. The van der Waals surface area contributed by atoms with E-state index in [4.69, 9.17) is 11.8 Å². The first-order valence-corrected chi connectivity index (χ1v) is 6.75. The Hall–Kier alpha value is -3.43. The van der Waals surface area contributed by atoms with Crippen molar-refractivity contribution in [2.24, 2.45) is 0 Å². The molecular weight excluding hydrogens is 270 g/mol. The minimum Gasteiger partial charge on any atom is -0.258 e. The lowest BCUT2D eigenvalue weighted by Gasteiger charge is -2.07. The van der Waals surface area contributed by atoms with E-state index in [1.807, 2.05) is 42.5 Å². The van der Waals surface area contributed by atoms with E-state index >= 15 is 0 Å². The Labute approximate surface area is 128 Å². The van der Waals surface area contributed by atoms with Gasteiger partial charge >= 0.3 is 0 Å². The molecule has 3 heteroatoms. The standard InChI is InChI=1S/C19H11N3/c1-21-18-11-14(13-20)7-8-17(18)19-12-16(9-10-22-19)15-5-3-2-4-6-15/h2-12H. The normalized spacial score (nSPS) is 9.73. The minimum atomic E-state index is 0.441. The molecule has 1 heterocycles. The van der Waals surface area contributed by atoms with Gasteiger partial charge in [0.05, 0.1) is 18.3 Å². The predicted molar refractivity (Wildman–Crippen MR) is 86.1 cm³/mol. The van der Waals surface area contributed by atoms with Gasteiger partial charge in [0.15, 0.2) is 5.69 Å². The zero-order valence-corrected chi connectivity index (χ0v) is 11.7. The third kappa shape index (κ3) is 2.57. The van der Waals surface area contributed by atoms with Crippen molar-refractivity contribution in [3.05, 3.63) is 83.8 Å². The maximum absolute atomic E-state index is 8.94.